The zero-order valence-corrected chi connectivity index (χ0v) is 11.6. The summed E-state index contributed by atoms with van der Waals surface area (Å²) in [7, 11) is 0. The van der Waals surface area contributed by atoms with Crippen LogP contribution < -0.4 is 5.32 Å². The van der Waals surface area contributed by atoms with Crippen molar-refractivity contribution in [3.8, 4) is 0 Å². The van der Waals surface area contributed by atoms with E-state index < -0.39 is 0 Å². The van der Waals surface area contributed by atoms with Crippen LogP contribution in [-0.2, 0) is 0 Å². The third kappa shape index (κ3) is 7.77. The number of aliphatic hydroxyl groups excluding tert-OH is 1. The van der Waals surface area contributed by atoms with Crippen LogP contribution in [0.4, 0.5) is 0 Å². The molecule has 0 heterocycles. The zero-order valence-electron chi connectivity index (χ0n) is 11.6. The molecule has 17 heavy (non-hydrogen) atoms. The first-order valence-corrected chi connectivity index (χ1v) is 7.74. The van der Waals surface area contributed by atoms with Gasteiger partial charge in [0.2, 0.25) is 0 Å². The summed E-state index contributed by atoms with van der Waals surface area (Å²) in [5.41, 5.74) is 0. The molecule has 2 nitrogen and oxygen atoms in total. The Morgan fingerprint density at radius 1 is 1.00 bits per heavy atom. The number of nitrogens with one attached hydrogen (secondary N) is 1. The summed E-state index contributed by atoms with van der Waals surface area (Å²) in [5.74, 6) is 0. The van der Waals surface area contributed by atoms with E-state index in [9.17, 15) is 5.11 Å². The molecule has 0 saturated heterocycles. The van der Waals surface area contributed by atoms with Crippen LogP contribution in [0.3, 0.4) is 0 Å². The lowest BCUT2D eigenvalue weighted by Gasteiger charge is -2.18. The highest BCUT2D eigenvalue weighted by atomic mass is 16.3. The molecule has 1 aliphatic carbocycles. The van der Waals surface area contributed by atoms with Gasteiger partial charge in [-0.3, -0.25) is 0 Å². The van der Waals surface area contributed by atoms with Gasteiger partial charge >= 0.3 is 0 Å². The predicted molar refractivity (Wildman–Crippen MR) is 74.3 cm³/mol. The van der Waals surface area contributed by atoms with Gasteiger partial charge in [0.1, 0.15) is 0 Å². The molecule has 1 rings (SSSR count). The molecule has 2 heteroatoms. The topological polar surface area (TPSA) is 32.3 Å². The lowest BCUT2D eigenvalue weighted by molar-refractivity contribution is 0.147. The molecule has 0 aromatic heterocycles. The van der Waals surface area contributed by atoms with E-state index in [1.54, 1.807) is 0 Å². The quantitative estimate of drug-likeness (QED) is 0.502. The molecule has 1 fully saturated rings. The van der Waals surface area contributed by atoms with E-state index in [0.717, 1.165) is 19.4 Å². The largest absolute Gasteiger partial charge is 0.393 e. The van der Waals surface area contributed by atoms with Gasteiger partial charge in [-0.15, -0.1) is 0 Å². The Hall–Kier alpha value is -0.0800. The number of hydrogen-bond donors (Lipinski definition) is 2. The van der Waals surface area contributed by atoms with Crippen LogP contribution in [0.2, 0.25) is 0 Å². The van der Waals surface area contributed by atoms with Crippen molar-refractivity contribution in [2.45, 2.75) is 89.7 Å². The smallest absolute Gasteiger partial charge is 0.0555 e. The molecular weight excluding hydrogens is 210 g/mol. The van der Waals surface area contributed by atoms with Gasteiger partial charge in [-0.1, -0.05) is 51.9 Å². The number of hydrogen-bond acceptors (Lipinski definition) is 2. The molecule has 0 bridgehead atoms. The van der Waals surface area contributed by atoms with Crippen LogP contribution in [0, 0.1) is 0 Å². The summed E-state index contributed by atoms with van der Waals surface area (Å²) in [5, 5.41) is 13.3. The van der Waals surface area contributed by atoms with Gasteiger partial charge in [-0.2, -0.15) is 0 Å². The molecule has 0 aromatic rings. The Labute approximate surface area is 107 Å². The number of unbranched alkanes of at least 4 members (excludes halogenated alkanes) is 5. The van der Waals surface area contributed by atoms with Crippen LogP contribution in [-0.4, -0.2) is 23.8 Å². The fraction of sp³-hybridized carbons (Fsp3) is 1.00. The lowest BCUT2D eigenvalue weighted by Crippen LogP contribution is -2.32. The van der Waals surface area contributed by atoms with Gasteiger partial charge < -0.3 is 10.4 Å². The molecule has 0 amide bonds. The van der Waals surface area contributed by atoms with Crippen molar-refractivity contribution in [3.63, 3.8) is 0 Å². The molecule has 0 unspecified atom stereocenters. The maximum absolute atomic E-state index is 9.72. The average Bonchev–Trinajstić information content (AvgIpc) is 2.52. The molecule has 102 valence electrons. The van der Waals surface area contributed by atoms with Crippen molar-refractivity contribution in [1.29, 1.82) is 0 Å². The highest BCUT2D eigenvalue weighted by molar-refractivity contribution is 4.75. The van der Waals surface area contributed by atoms with Crippen molar-refractivity contribution >= 4 is 0 Å². The molecule has 2 atom stereocenters. The van der Waals surface area contributed by atoms with E-state index in [1.165, 1.54) is 57.8 Å². The molecule has 0 aliphatic heterocycles. The Morgan fingerprint density at radius 2 is 1.71 bits per heavy atom. The maximum atomic E-state index is 9.72. The first-order chi connectivity index (χ1) is 8.33. The van der Waals surface area contributed by atoms with Crippen LogP contribution in [0.5, 0.6) is 0 Å². The predicted octanol–water partition coefficient (Wildman–Crippen LogP) is 3.63. The monoisotopic (exact) mass is 241 g/mol. The van der Waals surface area contributed by atoms with E-state index in [4.69, 9.17) is 0 Å². The van der Waals surface area contributed by atoms with Gasteiger partial charge in [0.25, 0.3) is 0 Å². The van der Waals surface area contributed by atoms with E-state index >= 15 is 0 Å². The van der Waals surface area contributed by atoms with Crippen LogP contribution >= 0.6 is 0 Å². The van der Waals surface area contributed by atoms with Crippen molar-refractivity contribution < 1.29 is 5.11 Å². The Bertz CT molecular complexity index is 172. The minimum atomic E-state index is -0.0560. The van der Waals surface area contributed by atoms with Crippen molar-refractivity contribution in [2.24, 2.45) is 0 Å². The van der Waals surface area contributed by atoms with Gasteiger partial charge in [0.05, 0.1) is 6.10 Å². The molecule has 0 radical (unpaired) electrons. The molecule has 2 N–H and O–H groups in total. The van der Waals surface area contributed by atoms with Gasteiger partial charge in [0.15, 0.2) is 0 Å². The second kappa shape index (κ2) is 9.90. The molecule has 0 aromatic carbocycles. The molecule has 0 spiro atoms. The first-order valence-electron chi connectivity index (χ1n) is 7.74. The standard InChI is InChI=1S/C15H31NO/c1-2-3-4-5-6-9-12-16-14-10-7-8-11-15(17)13-14/h14-17H,2-13H2,1H3/t14-,15-/m1/s1. The van der Waals surface area contributed by atoms with Gasteiger partial charge in [-0.25, -0.2) is 0 Å². The number of aliphatic hydroxyl groups is 1. The summed E-state index contributed by atoms with van der Waals surface area (Å²) in [6.07, 6.45) is 13.8. The fourth-order valence-corrected chi connectivity index (χ4v) is 2.73. The van der Waals surface area contributed by atoms with Crippen LogP contribution in [0.1, 0.15) is 77.6 Å². The van der Waals surface area contributed by atoms with Gasteiger partial charge in [0, 0.05) is 6.04 Å². The van der Waals surface area contributed by atoms with Crippen molar-refractivity contribution in [3.05, 3.63) is 0 Å². The Balaban J connectivity index is 1.94. The lowest BCUT2D eigenvalue weighted by atomic mass is 10.1. The zero-order chi connectivity index (χ0) is 12.3. The third-order valence-electron chi connectivity index (χ3n) is 3.86. The van der Waals surface area contributed by atoms with E-state index in [-0.39, 0.29) is 6.10 Å². The SMILES string of the molecule is CCCCCCCCN[C@@H]1CCCC[C@@H](O)C1. The van der Waals surface area contributed by atoms with Gasteiger partial charge in [-0.05, 0) is 32.2 Å². The highest BCUT2D eigenvalue weighted by Gasteiger charge is 2.17. The van der Waals surface area contributed by atoms with Crippen LogP contribution in [0.15, 0.2) is 0 Å². The minimum absolute atomic E-state index is 0.0560. The minimum Gasteiger partial charge on any atom is -0.393 e. The van der Waals surface area contributed by atoms with E-state index in [0.29, 0.717) is 6.04 Å². The summed E-state index contributed by atoms with van der Waals surface area (Å²) in [6, 6.07) is 0.572. The summed E-state index contributed by atoms with van der Waals surface area (Å²) in [6.45, 7) is 3.41. The second-order valence-corrected chi connectivity index (χ2v) is 5.59. The van der Waals surface area contributed by atoms with E-state index in [2.05, 4.69) is 12.2 Å². The third-order valence-corrected chi connectivity index (χ3v) is 3.86. The molecule has 1 saturated carbocycles. The van der Waals surface area contributed by atoms with Crippen molar-refractivity contribution in [1.82, 2.24) is 5.32 Å². The number of rotatable bonds is 8. The fourth-order valence-electron chi connectivity index (χ4n) is 2.73. The molecular formula is C15H31NO. The second-order valence-electron chi connectivity index (χ2n) is 5.59. The maximum Gasteiger partial charge on any atom is 0.0555 e. The Morgan fingerprint density at radius 3 is 2.53 bits per heavy atom. The first kappa shape index (κ1) is 15.0. The average molecular weight is 241 g/mol. The van der Waals surface area contributed by atoms with Crippen LogP contribution in [0.25, 0.3) is 0 Å². The Kier molecular flexibility index (Phi) is 8.72. The van der Waals surface area contributed by atoms with Crippen molar-refractivity contribution in [2.75, 3.05) is 6.54 Å². The normalized spacial score (nSPS) is 25.8. The van der Waals surface area contributed by atoms with E-state index in [1.807, 2.05) is 0 Å². The highest BCUT2D eigenvalue weighted by Crippen LogP contribution is 2.18. The summed E-state index contributed by atoms with van der Waals surface area (Å²) < 4.78 is 0. The summed E-state index contributed by atoms with van der Waals surface area (Å²) >= 11 is 0. The summed E-state index contributed by atoms with van der Waals surface area (Å²) in [4.78, 5) is 0. The molecule has 1 aliphatic rings.